The van der Waals surface area contributed by atoms with E-state index in [-0.39, 0.29) is 16.2 Å². The fourth-order valence-electron chi connectivity index (χ4n) is 12.8. The topological polar surface area (TPSA) is 3.24 Å². The van der Waals surface area contributed by atoms with Gasteiger partial charge in [0.2, 0.25) is 0 Å². The molecule has 0 amide bonds. The van der Waals surface area contributed by atoms with Gasteiger partial charge in [0.1, 0.15) is 0 Å². The third-order valence-corrected chi connectivity index (χ3v) is 15.1. The smallest absolute Gasteiger partial charge is 0.0543 e. The lowest BCUT2D eigenvalue weighted by Crippen LogP contribution is -2.55. The number of benzene rings is 6. The van der Waals surface area contributed by atoms with E-state index in [1.54, 1.807) is 11.1 Å². The van der Waals surface area contributed by atoms with E-state index in [9.17, 15) is 0 Å². The second-order valence-electron chi connectivity index (χ2n) is 18.8. The van der Waals surface area contributed by atoms with Gasteiger partial charge in [0.15, 0.2) is 0 Å². The molecule has 53 heavy (non-hydrogen) atoms. The molecule has 0 radical (unpaired) electrons. The number of hydrogen-bond acceptors (Lipinski definition) is 1. The van der Waals surface area contributed by atoms with Crippen molar-refractivity contribution >= 4 is 27.8 Å². The van der Waals surface area contributed by atoms with E-state index < -0.39 is 0 Å². The van der Waals surface area contributed by atoms with Crippen molar-refractivity contribution in [2.24, 2.45) is 23.7 Å². The van der Waals surface area contributed by atoms with Gasteiger partial charge < -0.3 is 4.90 Å². The van der Waals surface area contributed by atoms with Crippen molar-refractivity contribution < 1.29 is 0 Å². The van der Waals surface area contributed by atoms with Gasteiger partial charge in [-0.25, -0.2) is 0 Å². The maximum atomic E-state index is 2.72. The van der Waals surface area contributed by atoms with Crippen molar-refractivity contribution in [3.8, 4) is 22.3 Å². The molecule has 0 heterocycles. The van der Waals surface area contributed by atoms with Crippen LogP contribution in [-0.2, 0) is 16.2 Å². The van der Waals surface area contributed by atoms with Gasteiger partial charge in [0.05, 0.1) is 5.69 Å². The van der Waals surface area contributed by atoms with Crippen LogP contribution in [0.1, 0.15) is 94.9 Å². The summed E-state index contributed by atoms with van der Waals surface area (Å²) >= 11 is 0. The molecule has 0 unspecified atom stereocenters. The van der Waals surface area contributed by atoms with Crippen molar-refractivity contribution in [2.45, 2.75) is 88.9 Å². The molecule has 1 nitrogen and oxygen atoms in total. The molecule has 0 aromatic heterocycles. The largest absolute Gasteiger partial charge is 0.310 e. The Balaban J connectivity index is 1.23. The molecule has 0 N–H and O–H groups in total. The summed E-state index contributed by atoms with van der Waals surface area (Å²) < 4.78 is 0. The van der Waals surface area contributed by atoms with E-state index in [1.165, 1.54) is 106 Å². The number of anilines is 3. The maximum Gasteiger partial charge on any atom is 0.0543 e. The standard InChI is InChI=1S/C52H51N/c1-50(2)23-24-51(3,4)48-30-39(21-22-46(48)50)53(38-15-6-5-7-16-38)49-32-47-43(31-44(49)41-19-12-14-35-13-8-9-17-40(35)41)42-18-10-11-20-45(42)52(47)36-26-33-25-34(28-36)29-37(52)27-33/h5-22,30-34,36-37H,23-29H2,1-4H3. The van der Waals surface area contributed by atoms with Crippen LogP contribution in [0.4, 0.5) is 17.1 Å². The highest BCUT2D eigenvalue weighted by Gasteiger charge is 2.61. The third kappa shape index (κ3) is 4.49. The van der Waals surface area contributed by atoms with E-state index in [2.05, 4.69) is 160 Å². The minimum Gasteiger partial charge on any atom is -0.310 e. The zero-order chi connectivity index (χ0) is 35.7. The molecule has 0 saturated heterocycles. The molecule has 4 bridgehead atoms. The fourth-order valence-corrected chi connectivity index (χ4v) is 12.8. The molecular formula is C52H51N. The van der Waals surface area contributed by atoms with Gasteiger partial charge in [-0.1, -0.05) is 119 Å². The summed E-state index contributed by atoms with van der Waals surface area (Å²) in [4.78, 5) is 2.63. The summed E-state index contributed by atoms with van der Waals surface area (Å²) in [6, 6.07) is 49.5. The molecule has 6 aromatic rings. The number of hydrogen-bond donors (Lipinski definition) is 0. The predicted molar refractivity (Wildman–Crippen MR) is 223 cm³/mol. The molecule has 4 fully saturated rings. The lowest BCUT2D eigenvalue weighted by atomic mass is 9.43. The van der Waals surface area contributed by atoms with E-state index in [1.807, 2.05) is 0 Å². The average molecular weight is 690 g/mol. The zero-order valence-corrected chi connectivity index (χ0v) is 31.8. The Kier molecular flexibility index (Phi) is 6.74. The van der Waals surface area contributed by atoms with Crippen LogP contribution >= 0.6 is 0 Å². The van der Waals surface area contributed by atoms with Crippen LogP contribution in [0.2, 0.25) is 0 Å². The minimum atomic E-state index is 0.0929. The summed E-state index contributed by atoms with van der Waals surface area (Å²) in [6.45, 7) is 9.80. The first kappa shape index (κ1) is 31.9. The lowest BCUT2D eigenvalue weighted by Gasteiger charge is -2.61. The SMILES string of the molecule is CC1(C)CCC(C)(C)c2cc(N(c3ccccc3)c3cc4c(cc3-c3cccc5ccccc35)-c3ccccc3C43C4CC5CC(C4)CC3C5)ccc21. The molecule has 1 heteroatoms. The van der Waals surface area contributed by atoms with Gasteiger partial charge in [0, 0.05) is 22.4 Å². The Morgan fingerprint density at radius 1 is 0.453 bits per heavy atom. The molecule has 0 aliphatic heterocycles. The normalized spacial score (nSPS) is 26.7. The van der Waals surface area contributed by atoms with E-state index in [0.29, 0.717) is 11.8 Å². The highest BCUT2D eigenvalue weighted by Crippen LogP contribution is 2.70. The highest BCUT2D eigenvalue weighted by molar-refractivity contribution is 6.03. The Morgan fingerprint density at radius 2 is 1.09 bits per heavy atom. The molecule has 6 aliphatic carbocycles. The van der Waals surface area contributed by atoms with Crippen molar-refractivity contribution in [2.75, 3.05) is 4.90 Å². The Morgan fingerprint density at radius 3 is 1.87 bits per heavy atom. The first-order chi connectivity index (χ1) is 25.7. The summed E-state index contributed by atoms with van der Waals surface area (Å²) in [6.07, 6.45) is 9.44. The van der Waals surface area contributed by atoms with Gasteiger partial charge in [-0.2, -0.15) is 0 Å². The van der Waals surface area contributed by atoms with Crippen molar-refractivity contribution in [3.63, 3.8) is 0 Å². The van der Waals surface area contributed by atoms with Gasteiger partial charge in [-0.3, -0.25) is 0 Å². The van der Waals surface area contributed by atoms with Crippen LogP contribution in [0.5, 0.6) is 0 Å². The monoisotopic (exact) mass is 689 g/mol. The first-order valence-electron chi connectivity index (χ1n) is 20.5. The van der Waals surface area contributed by atoms with E-state index >= 15 is 0 Å². The molecule has 264 valence electrons. The highest BCUT2D eigenvalue weighted by atomic mass is 15.1. The van der Waals surface area contributed by atoms with Gasteiger partial charge in [-0.05, 0) is 166 Å². The Hall–Kier alpha value is -4.62. The number of nitrogens with zero attached hydrogens (tertiary/aromatic N) is 1. The maximum absolute atomic E-state index is 2.72. The van der Waals surface area contributed by atoms with Crippen molar-refractivity contribution in [3.05, 3.63) is 150 Å². The molecule has 0 atom stereocenters. The average Bonchev–Trinajstić information content (AvgIpc) is 3.45. The third-order valence-electron chi connectivity index (χ3n) is 15.1. The molecule has 1 spiro atoms. The molecule has 4 saturated carbocycles. The van der Waals surface area contributed by atoms with Crippen LogP contribution in [0, 0.1) is 23.7 Å². The summed E-state index contributed by atoms with van der Waals surface area (Å²) in [5.41, 5.74) is 16.0. The number of rotatable bonds is 4. The fraction of sp³-hybridized carbons (Fsp3) is 0.346. The molecule has 12 rings (SSSR count). The second kappa shape index (κ2) is 11.2. The molecule has 6 aliphatic rings. The number of para-hydroxylation sites is 1. The molecular weight excluding hydrogens is 639 g/mol. The summed E-state index contributed by atoms with van der Waals surface area (Å²) in [5, 5.41) is 2.60. The van der Waals surface area contributed by atoms with Gasteiger partial charge >= 0.3 is 0 Å². The van der Waals surface area contributed by atoms with Crippen LogP contribution in [0.3, 0.4) is 0 Å². The Bertz CT molecular complexity index is 2390. The van der Waals surface area contributed by atoms with Crippen LogP contribution in [0.15, 0.2) is 127 Å². The van der Waals surface area contributed by atoms with Crippen LogP contribution < -0.4 is 4.90 Å². The van der Waals surface area contributed by atoms with E-state index in [4.69, 9.17) is 0 Å². The summed E-state index contributed by atoms with van der Waals surface area (Å²) in [7, 11) is 0. The molecule has 6 aromatic carbocycles. The van der Waals surface area contributed by atoms with E-state index in [0.717, 1.165) is 11.8 Å². The Labute approximate surface area is 316 Å². The van der Waals surface area contributed by atoms with Crippen LogP contribution in [0.25, 0.3) is 33.0 Å². The minimum absolute atomic E-state index is 0.0929. The van der Waals surface area contributed by atoms with Crippen LogP contribution in [-0.4, -0.2) is 0 Å². The lowest BCUT2D eigenvalue weighted by molar-refractivity contribution is -0.0399. The predicted octanol–water partition coefficient (Wildman–Crippen LogP) is 14.0. The summed E-state index contributed by atoms with van der Waals surface area (Å²) in [5.74, 6) is 3.26. The zero-order valence-electron chi connectivity index (χ0n) is 31.8. The number of fused-ring (bicyclic) bond motifs is 5. The van der Waals surface area contributed by atoms with Gasteiger partial charge in [0.25, 0.3) is 0 Å². The second-order valence-corrected chi connectivity index (χ2v) is 18.8. The van der Waals surface area contributed by atoms with Crippen molar-refractivity contribution in [1.82, 2.24) is 0 Å². The quantitative estimate of drug-likeness (QED) is 0.178. The first-order valence-corrected chi connectivity index (χ1v) is 20.5. The van der Waals surface area contributed by atoms with Gasteiger partial charge in [-0.15, -0.1) is 0 Å². The van der Waals surface area contributed by atoms with Crippen molar-refractivity contribution in [1.29, 1.82) is 0 Å².